The summed E-state index contributed by atoms with van der Waals surface area (Å²) in [5.74, 6) is -0.0525. The molecule has 0 aliphatic heterocycles. The fraction of sp³-hybridized carbons (Fsp3) is 1.00. The van der Waals surface area contributed by atoms with Crippen molar-refractivity contribution in [2.75, 3.05) is 0 Å². The molecule has 1 rings (SSSR count). The number of hydrogen-bond donors (Lipinski definition) is 3. The quantitative estimate of drug-likeness (QED) is 0.562. The molecule has 0 bridgehead atoms. The van der Waals surface area contributed by atoms with Gasteiger partial charge in [0.05, 0.1) is 17.8 Å². The Hall–Kier alpha value is -0.120. The maximum absolute atomic E-state index is 10.1. The van der Waals surface area contributed by atoms with Crippen LogP contribution in [0.4, 0.5) is 0 Å². The summed E-state index contributed by atoms with van der Waals surface area (Å²) in [4.78, 5) is 0. The number of rotatable bonds is 1. The normalized spacial score (nSPS) is 46.8. The van der Waals surface area contributed by atoms with Crippen molar-refractivity contribution in [2.45, 2.75) is 51.4 Å². The van der Waals surface area contributed by atoms with E-state index in [9.17, 15) is 15.3 Å². The van der Waals surface area contributed by atoms with Crippen molar-refractivity contribution in [1.82, 2.24) is 0 Å². The Labute approximate surface area is 79.4 Å². The first-order valence-corrected chi connectivity index (χ1v) is 4.95. The molecule has 3 heteroatoms. The Morgan fingerprint density at radius 3 is 1.85 bits per heavy atom. The summed E-state index contributed by atoms with van der Waals surface area (Å²) in [5, 5.41) is 29.3. The van der Waals surface area contributed by atoms with Crippen LogP contribution in [0.25, 0.3) is 0 Å². The first-order valence-electron chi connectivity index (χ1n) is 4.95. The van der Waals surface area contributed by atoms with E-state index in [-0.39, 0.29) is 11.8 Å². The summed E-state index contributed by atoms with van der Waals surface area (Å²) in [6.07, 6.45) is -0.418. The van der Waals surface area contributed by atoms with E-state index in [1.165, 1.54) is 0 Å². The van der Waals surface area contributed by atoms with Crippen molar-refractivity contribution in [3.63, 3.8) is 0 Å². The fourth-order valence-electron chi connectivity index (χ4n) is 1.91. The van der Waals surface area contributed by atoms with Gasteiger partial charge in [-0.15, -0.1) is 0 Å². The molecular weight excluding hydrogens is 168 g/mol. The zero-order chi connectivity index (χ0) is 10.2. The molecule has 1 aliphatic carbocycles. The Morgan fingerprint density at radius 1 is 1.15 bits per heavy atom. The van der Waals surface area contributed by atoms with Gasteiger partial charge in [0.25, 0.3) is 0 Å². The second-order valence-corrected chi connectivity index (χ2v) is 4.66. The predicted molar refractivity (Wildman–Crippen MR) is 50.2 cm³/mol. The maximum Gasteiger partial charge on any atom is 0.0719 e. The predicted octanol–water partition coefficient (Wildman–Crippen LogP) is 0.525. The molecule has 78 valence electrons. The standard InChI is InChI=1S/C10H20O3/c1-6(2)10(13)4-8(11)7(3)9(12)5-10/h6-9,11-13H,4-5H2,1-3H3/t7-,8-,9-,10+/m1/s1. The van der Waals surface area contributed by atoms with E-state index in [4.69, 9.17) is 0 Å². The van der Waals surface area contributed by atoms with Gasteiger partial charge in [0, 0.05) is 18.8 Å². The lowest BCUT2D eigenvalue weighted by Crippen LogP contribution is -2.51. The van der Waals surface area contributed by atoms with Crippen molar-refractivity contribution >= 4 is 0 Å². The molecule has 1 aliphatic rings. The Morgan fingerprint density at radius 2 is 1.54 bits per heavy atom. The molecule has 1 saturated carbocycles. The monoisotopic (exact) mass is 188 g/mol. The second-order valence-electron chi connectivity index (χ2n) is 4.66. The van der Waals surface area contributed by atoms with Gasteiger partial charge < -0.3 is 15.3 Å². The molecule has 0 aromatic rings. The van der Waals surface area contributed by atoms with Crippen LogP contribution in [0.2, 0.25) is 0 Å². The smallest absolute Gasteiger partial charge is 0.0719 e. The zero-order valence-electron chi connectivity index (χ0n) is 8.57. The molecule has 0 unspecified atom stereocenters. The van der Waals surface area contributed by atoms with E-state index in [0.717, 1.165) is 0 Å². The lowest BCUT2D eigenvalue weighted by molar-refractivity contribution is -0.138. The molecule has 13 heavy (non-hydrogen) atoms. The molecular formula is C10H20O3. The first-order chi connectivity index (χ1) is 5.87. The summed E-state index contributed by atoms with van der Waals surface area (Å²) in [6.45, 7) is 5.64. The van der Waals surface area contributed by atoms with Crippen molar-refractivity contribution in [1.29, 1.82) is 0 Å². The van der Waals surface area contributed by atoms with Crippen molar-refractivity contribution in [3.05, 3.63) is 0 Å². The van der Waals surface area contributed by atoms with Gasteiger partial charge in [-0.3, -0.25) is 0 Å². The summed E-state index contributed by atoms with van der Waals surface area (Å²) >= 11 is 0. The minimum absolute atomic E-state index is 0.0734. The molecule has 0 radical (unpaired) electrons. The van der Waals surface area contributed by atoms with Crippen LogP contribution < -0.4 is 0 Å². The van der Waals surface area contributed by atoms with E-state index >= 15 is 0 Å². The molecule has 0 aromatic heterocycles. The highest BCUT2D eigenvalue weighted by molar-refractivity contribution is 4.95. The highest BCUT2D eigenvalue weighted by Crippen LogP contribution is 2.37. The second kappa shape index (κ2) is 3.56. The van der Waals surface area contributed by atoms with Crippen LogP contribution in [0.15, 0.2) is 0 Å². The van der Waals surface area contributed by atoms with Gasteiger partial charge in [0.2, 0.25) is 0 Å². The lowest BCUT2D eigenvalue weighted by atomic mass is 9.71. The largest absolute Gasteiger partial charge is 0.393 e. The first kappa shape index (κ1) is 11.0. The van der Waals surface area contributed by atoms with Crippen LogP contribution in [0.5, 0.6) is 0 Å². The minimum atomic E-state index is -0.897. The molecule has 3 nitrogen and oxygen atoms in total. The highest BCUT2D eigenvalue weighted by atomic mass is 16.3. The molecule has 1 fully saturated rings. The summed E-state index contributed by atoms with van der Waals surface area (Å²) in [7, 11) is 0. The van der Waals surface area contributed by atoms with Crippen LogP contribution in [-0.2, 0) is 0 Å². The van der Waals surface area contributed by atoms with Gasteiger partial charge in [-0.1, -0.05) is 20.8 Å². The van der Waals surface area contributed by atoms with E-state index in [2.05, 4.69) is 0 Å². The van der Waals surface area contributed by atoms with Gasteiger partial charge in [-0.2, -0.15) is 0 Å². The maximum atomic E-state index is 10.1. The molecule has 2 atom stereocenters. The van der Waals surface area contributed by atoms with E-state index in [1.54, 1.807) is 0 Å². The molecule has 0 saturated heterocycles. The van der Waals surface area contributed by atoms with Crippen molar-refractivity contribution in [3.8, 4) is 0 Å². The third-order valence-electron chi connectivity index (χ3n) is 3.41. The van der Waals surface area contributed by atoms with Gasteiger partial charge in [-0.05, 0) is 5.92 Å². The summed E-state index contributed by atoms with van der Waals surface area (Å²) in [5.41, 5.74) is -0.897. The van der Waals surface area contributed by atoms with E-state index in [1.807, 2.05) is 20.8 Å². The van der Waals surface area contributed by atoms with Crippen molar-refractivity contribution < 1.29 is 15.3 Å². The Bertz CT molecular complexity index is 167. The van der Waals surface area contributed by atoms with Crippen LogP contribution >= 0.6 is 0 Å². The fourth-order valence-corrected chi connectivity index (χ4v) is 1.91. The lowest BCUT2D eigenvalue weighted by Gasteiger charge is -2.43. The van der Waals surface area contributed by atoms with Gasteiger partial charge in [0.15, 0.2) is 0 Å². The zero-order valence-corrected chi connectivity index (χ0v) is 8.57. The van der Waals surface area contributed by atoms with Crippen molar-refractivity contribution in [2.24, 2.45) is 11.8 Å². The average molecular weight is 188 g/mol. The van der Waals surface area contributed by atoms with Gasteiger partial charge >= 0.3 is 0 Å². The summed E-state index contributed by atoms with van der Waals surface area (Å²) < 4.78 is 0. The molecule has 0 heterocycles. The van der Waals surface area contributed by atoms with E-state index < -0.39 is 17.8 Å². The van der Waals surface area contributed by atoms with Gasteiger partial charge in [0.1, 0.15) is 0 Å². The number of aliphatic hydroxyl groups excluding tert-OH is 2. The minimum Gasteiger partial charge on any atom is -0.393 e. The highest BCUT2D eigenvalue weighted by Gasteiger charge is 2.43. The van der Waals surface area contributed by atoms with Crippen LogP contribution in [0, 0.1) is 11.8 Å². The third kappa shape index (κ3) is 2.03. The SMILES string of the molecule is CC(C)[C@]1(O)C[C@@H](O)[C@@H](C)[C@H](O)C1. The molecule has 3 N–H and O–H groups in total. The Balaban J connectivity index is 2.73. The molecule has 0 amide bonds. The molecule has 0 spiro atoms. The van der Waals surface area contributed by atoms with Crippen LogP contribution in [-0.4, -0.2) is 33.1 Å². The molecule has 0 aromatic carbocycles. The number of hydrogen-bond acceptors (Lipinski definition) is 3. The third-order valence-corrected chi connectivity index (χ3v) is 3.41. The van der Waals surface area contributed by atoms with E-state index in [0.29, 0.717) is 12.8 Å². The van der Waals surface area contributed by atoms with Gasteiger partial charge in [-0.25, -0.2) is 0 Å². The number of aliphatic hydroxyl groups is 3. The topological polar surface area (TPSA) is 60.7 Å². The summed E-state index contributed by atoms with van der Waals surface area (Å²) in [6, 6.07) is 0. The van der Waals surface area contributed by atoms with Crippen LogP contribution in [0.3, 0.4) is 0 Å². The average Bonchev–Trinajstić information content (AvgIpc) is 2.00. The Kier molecular flexibility index (Phi) is 3.00. The van der Waals surface area contributed by atoms with Crippen LogP contribution in [0.1, 0.15) is 33.6 Å².